The van der Waals surface area contributed by atoms with E-state index < -0.39 is 12.1 Å². The first kappa shape index (κ1) is 12.1. The molecule has 0 bridgehead atoms. The molecule has 1 fully saturated rings. The minimum atomic E-state index is -1.21. The largest absolute Gasteiger partial charge is 0.467 e. The summed E-state index contributed by atoms with van der Waals surface area (Å²) in [5.41, 5.74) is 1.60. The minimum absolute atomic E-state index is 0.255. The molecule has 1 heterocycles. The van der Waals surface area contributed by atoms with E-state index in [0.29, 0.717) is 12.2 Å². The van der Waals surface area contributed by atoms with Gasteiger partial charge in [0.15, 0.2) is 6.10 Å². The molecule has 1 saturated heterocycles. The van der Waals surface area contributed by atoms with Gasteiger partial charge in [0, 0.05) is 12.5 Å². The number of rotatable bonds is 3. The van der Waals surface area contributed by atoms with Crippen molar-refractivity contribution in [2.24, 2.45) is 0 Å². The van der Waals surface area contributed by atoms with Crippen molar-refractivity contribution in [2.75, 3.05) is 20.3 Å². The van der Waals surface area contributed by atoms with E-state index >= 15 is 0 Å². The lowest BCUT2D eigenvalue weighted by atomic mass is 9.91. The van der Waals surface area contributed by atoms with Gasteiger partial charge in [0.2, 0.25) is 0 Å². The molecule has 4 nitrogen and oxygen atoms in total. The molecule has 0 aromatic heterocycles. The van der Waals surface area contributed by atoms with Gasteiger partial charge in [-0.3, -0.25) is 0 Å². The number of benzene rings is 1. The topological polar surface area (TPSA) is 55.8 Å². The monoisotopic (exact) mass is 236 g/mol. The van der Waals surface area contributed by atoms with Crippen LogP contribution in [0, 0.1) is 0 Å². The van der Waals surface area contributed by atoms with Crippen LogP contribution >= 0.6 is 0 Å². The predicted octanol–water partition coefficient (Wildman–Crippen LogP) is 1.40. The minimum Gasteiger partial charge on any atom is -0.467 e. The van der Waals surface area contributed by atoms with Gasteiger partial charge in [0.05, 0.1) is 13.7 Å². The zero-order chi connectivity index (χ0) is 12.3. The average Bonchev–Trinajstić information content (AvgIpc) is 2.90. The maximum atomic E-state index is 11.4. The predicted molar refractivity (Wildman–Crippen MR) is 61.6 cm³/mol. The van der Waals surface area contributed by atoms with Gasteiger partial charge in [0.1, 0.15) is 0 Å². The highest BCUT2D eigenvalue weighted by Gasteiger charge is 2.26. The number of carbonyl (C=O) groups is 1. The summed E-state index contributed by atoms with van der Waals surface area (Å²) in [7, 11) is 1.27. The Labute approximate surface area is 100 Å². The number of ether oxygens (including phenoxy) is 2. The molecule has 2 atom stereocenters. The lowest BCUT2D eigenvalue weighted by Gasteiger charge is -2.17. The first-order valence-corrected chi connectivity index (χ1v) is 5.66. The van der Waals surface area contributed by atoms with Crippen molar-refractivity contribution in [1.29, 1.82) is 0 Å². The molecule has 1 N–H and O–H groups in total. The molecule has 2 rings (SSSR count). The summed E-state index contributed by atoms with van der Waals surface area (Å²) in [6.45, 7) is 1.37. The van der Waals surface area contributed by atoms with E-state index in [2.05, 4.69) is 4.74 Å². The zero-order valence-electron chi connectivity index (χ0n) is 9.76. The number of methoxy groups -OCH3 is 1. The quantitative estimate of drug-likeness (QED) is 0.806. The third-order valence-corrected chi connectivity index (χ3v) is 3.08. The number of aliphatic hydroxyl groups is 1. The molecular formula is C13H16O4. The summed E-state index contributed by atoms with van der Waals surface area (Å²) in [4.78, 5) is 11.4. The van der Waals surface area contributed by atoms with E-state index in [-0.39, 0.29) is 5.92 Å². The van der Waals surface area contributed by atoms with E-state index in [0.717, 1.165) is 18.6 Å². The van der Waals surface area contributed by atoms with Crippen molar-refractivity contribution in [3.63, 3.8) is 0 Å². The van der Waals surface area contributed by atoms with Crippen molar-refractivity contribution >= 4 is 5.97 Å². The SMILES string of the molecule is COC(=O)C(O)c1ccccc1C1CCOC1. The van der Waals surface area contributed by atoms with Gasteiger partial charge >= 0.3 is 5.97 Å². The number of hydrogen-bond donors (Lipinski definition) is 1. The molecule has 0 radical (unpaired) electrons. The van der Waals surface area contributed by atoms with Crippen LogP contribution in [0.25, 0.3) is 0 Å². The van der Waals surface area contributed by atoms with Crippen LogP contribution in [0.3, 0.4) is 0 Å². The lowest BCUT2D eigenvalue weighted by Crippen LogP contribution is -2.16. The van der Waals surface area contributed by atoms with Crippen LogP contribution in [0.5, 0.6) is 0 Å². The van der Waals surface area contributed by atoms with Crippen molar-refractivity contribution in [1.82, 2.24) is 0 Å². The van der Waals surface area contributed by atoms with E-state index in [1.54, 1.807) is 12.1 Å². The average molecular weight is 236 g/mol. The van der Waals surface area contributed by atoms with Gasteiger partial charge in [-0.1, -0.05) is 24.3 Å². The Hall–Kier alpha value is -1.39. The Kier molecular flexibility index (Phi) is 3.76. The van der Waals surface area contributed by atoms with Crippen molar-refractivity contribution in [2.45, 2.75) is 18.4 Å². The van der Waals surface area contributed by atoms with Gasteiger partial charge in [-0.05, 0) is 17.5 Å². The fourth-order valence-corrected chi connectivity index (χ4v) is 2.15. The molecule has 4 heteroatoms. The van der Waals surface area contributed by atoms with Crippen molar-refractivity contribution in [3.8, 4) is 0 Å². The maximum absolute atomic E-state index is 11.4. The van der Waals surface area contributed by atoms with Crippen LogP contribution in [0.4, 0.5) is 0 Å². The van der Waals surface area contributed by atoms with Crippen LogP contribution in [0.2, 0.25) is 0 Å². The molecule has 17 heavy (non-hydrogen) atoms. The van der Waals surface area contributed by atoms with Crippen molar-refractivity contribution < 1.29 is 19.4 Å². The highest BCUT2D eigenvalue weighted by atomic mass is 16.5. The van der Waals surface area contributed by atoms with E-state index in [9.17, 15) is 9.90 Å². The van der Waals surface area contributed by atoms with Crippen LogP contribution in [-0.2, 0) is 14.3 Å². The highest BCUT2D eigenvalue weighted by Crippen LogP contribution is 2.31. The molecule has 1 aliphatic rings. The summed E-state index contributed by atoms with van der Waals surface area (Å²) in [6.07, 6.45) is -0.290. The number of aliphatic hydroxyl groups excluding tert-OH is 1. The van der Waals surface area contributed by atoms with Crippen molar-refractivity contribution in [3.05, 3.63) is 35.4 Å². The molecule has 0 saturated carbocycles. The molecule has 0 amide bonds. The number of carbonyl (C=O) groups excluding carboxylic acids is 1. The Morgan fingerprint density at radius 1 is 1.53 bits per heavy atom. The fraction of sp³-hybridized carbons (Fsp3) is 0.462. The Balaban J connectivity index is 2.29. The molecule has 1 aromatic carbocycles. The molecule has 1 aliphatic heterocycles. The first-order chi connectivity index (χ1) is 8.24. The summed E-state index contributed by atoms with van der Waals surface area (Å²) in [5.74, 6) is -0.373. The van der Waals surface area contributed by atoms with Crippen LogP contribution in [0.15, 0.2) is 24.3 Å². The number of esters is 1. The molecule has 0 aliphatic carbocycles. The van der Waals surface area contributed by atoms with Gasteiger partial charge in [-0.15, -0.1) is 0 Å². The molecule has 1 aromatic rings. The van der Waals surface area contributed by atoms with Crippen LogP contribution in [-0.4, -0.2) is 31.4 Å². The molecular weight excluding hydrogens is 220 g/mol. The third-order valence-electron chi connectivity index (χ3n) is 3.08. The second-order valence-corrected chi connectivity index (χ2v) is 4.12. The van der Waals surface area contributed by atoms with E-state index in [1.807, 2.05) is 12.1 Å². The summed E-state index contributed by atoms with van der Waals surface area (Å²) in [5, 5.41) is 9.91. The second kappa shape index (κ2) is 5.29. The number of hydrogen-bond acceptors (Lipinski definition) is 4. The normalized spacial score (nSPS) is 21.2. The Bertz CT molecular complexity index is 396. The van der Waals surface area contributed by atoms with Crippen LogP contribution < -0.4 is 0 Å². The smallest absolute Gasteiger partial charge is 0.339 e. The first-order valence-electron chi connectivity index (χ1n) is 5.66. The van der Waals surface area contributed by atoms with E-state index in [4.69, 9.17) is 4.74 Å². The van der Waals surface area contributed by atoms with Gasteiger partial charge < -0.3 is 14.6 Å². The maximum Gasteiger partial charge on any atom is 0.339 e. The summed E-state index contributed by atoms with van der Waals surface area (Å²) in [6, 6.07) is 7.40. The fourth-order valence-electron chi connectivity index (χ4n) is 2.15. The standard InChI is InChI=1S/C13H16O4/c1-16-13(15)12(14)11-5-3-2-4-10(11)9-6-7-17-8-9/h2-5,9,12,14H,6-8H2,1H3. The highest BCUT2D eigenvalue weighted by molar-refractivity contribution is 5.76. The molecule has 92 valence electrons. The van der Waals surface area contributed by atoms with Crippen LogP contribution in [0.1, 0.15) is 29.6 Å². The second-order valence-electron chi connectivity index (χ2n) is 4.12. The van der Waals surface area contributed by atoms with Gasteiger partial charge in [0.25, 0.3) is 0 Å². The van der Waals surface area contributed by atoms with Gasteiger partial charge in [-0.2, -0.15) is 0 Å². The Morgan fingerprint density at radius 2 is 2.29 bits per heavy atom. The third kappa shape index (κ3) is 2.48. The summed E-state index contributed by atoms with van der Waals surface area (Å²) < 4.78 is 9.90. The van der Waals surface area contributed by atoms with Gasteiger partial charge in [-0.25, -0.2) is 4.79 Å². The molecule has 0 spiro atoms. The Morgan fingerprint density at radius 3 is 2.94 bits per heavy atom. The lowest BCUT2D eigenvalue weighted by molar-refractivity contribution is -0.150. The van der Waals surface area contributed by atoms with E-state index in [1.165, 1.54) is 7.11 Å². The molecule has 2 unspecified atom stereocenters. The zero-order valence-corrected chi connectivity index (χ0v) is 9.76. The summed E-state index contributed by atoms with van der Waals surface area (Å²) >= 11 is 0.